The minimum atomic E-state index is -0.0174. The molecule has 0 amide bonds. The van der Waals surface area contributed by atoms with Crippen LogP contribution in [0.2, 0.25) is 0 Å². The molecule has 1 aromatic carbocycles. The highest BCUT2D eigenvalue weighted by atomic mass is 16.5. The first-order chi connectivity index (χ1) is 8.24. The molecule has 0 saturated heterocycles. The zero-order valence-electron chi connectivity index (χ0n) is 10.4. The van der Waals surface area contributed by atoms with Crippen molar-refractivity contribution < 1.29 is 4.74 Å². The number of nitrogens with zero attached hydrogens (tertiary/aromatic N) is 2. The van der Waals surface area contributed by atoms with E-state index < -0.39 is 0 Å². The van der Waals surface area contributed by atoms with Crippen molar-refractivity contribution in [2.24, 2.45) is 12.8 Å². The van der Waals surface area contributed by atoms with Gasteiger partial charge < -0.3 is 10.5 Å². The Morgan fingerprint density at radius 2 is 2.18 bits per heavy atom. The average Bonchev–Trinajstić information content (AvgIpc) is 2.68. The summed E-state index contributed by atoms with van der Waals surface area (Å²) in [6.45, 7) is 0.748. The van der Waals surface area contributed by atoms with Crippen LogP contribution in [-0.2, 0) is 11.8 Å². The normalized spacial score (nSPS) is 13.1. The lowest BCUT2D eigenvalue weighted by Crippen LogP contribution is -2.12. The number of rotatable bonds is 5. The van der Waals surface area contributed by atoms with Crippen LogP contribution >= 0.6 is 0 Å². The second-order valence-electron chi connectivity index (χ2n) is 4.27. The highest BCUT2D eigenvalue weighted by molar-refractivity contribution is 5.82. The molecule has 2 rings (SSSR count). The van der Waals surface area contributed by atoms with Gasteiger partial charge in [-0.2, -0.15) is 5.10 Å². The average molecular weight is 233 g/mol. The fourth-order valence-electron chi connectivity index (χ4n) is 2.10. The molecular weight excluding hydrogens is 214 g/mol. The first-order valence-electron chi connectivity index (χ1n) is 5.90. The molecule has 0 saturated carbocycles. The van der Waals surface area contributed by atoms with Crippen LogP contribution in [0.1, 0.15) is 24.6 Å². The molecule has 0 aliphatic rings. The minimum Gasteiger partial charge on any atom is -0.385 e. The molecule has 1 heterocycles. The number of benzene rings is 1. The Morgan fingerprint density at radius 1 is 1.41 bits per heavy atom. The second-order valence-corrected chi connectivity index (χ2v) is 4.27. The van der Waals surface area contributed by atoms with Crippen LogP contribution in [-0.4, -0.2) is 23.5 Å². The van der Waals surface area contributed by atoms with Gasteiger partial charge in [0.15, 0.2) is 0 Å². The van der Waals surface area contributed by atoms with Crippen LogP contribution < -0.4 is 5.73 Å². The van der Waals surface area contributed by atoms with Gasteiger partial charge in [0.25, 0.3) is 0 Å². The van der Waals surface area contributed by atoms with E-state index in [4.69, 9.17) is 10.5 Å². The monoisotopic (exact) mass is 233 g/mol. The summed E-state index contributed by atoms with van der Waals surface area (Å²) in [6.07, 6.45) is 1.86. The zero-order valence-corrected chi connectivity index (χ0v) is 10.4. The van der Waals surface area contributed by atoms with E-state index in [0.717, 1.165) is 36.0 Å². The van der Waals surface area contributed by atoms with Crippen molar-refractivity contribution in [1.82, 2.24) is 9.78 Å². The molecule has 0 radical (unpaired) electrons. The van der Waals surface area contributed by atoms with Crippen molar-refractivity contribution in [3.05, 3.63) is 30.0 Å². The van der Waals surface area contributed by atoms with Gasteiger partial charge in [-0.1, -0.05) is 18.2 Å². The van der Waals surface area contributed by atoms with Gasteiger partial charge >= 0.3 is 0 Å². The highest BCUT2D eigenvalue weighted by Crippen LogP contribution is 2.24. The third kappa shape index (κ3) is 2.48. The van der Waals surface area contributed by atoms with Crippen LogP contribution in [0, 0.1) is 0 Å². The van der Waals surface area contributed by atoms with Gasteiger partial charge in [-0.25, -0.2) is 0 Å². The zero-order chi connectivity index (χ0) is 12.3. The smallest absolute Gasteiger partial charge is 0.0870 e. The van der Waals surface area contributed by atoms with Crippen LogP contribution in [0.25, 0.3) is 10.9 Å². The summed E-state index contributed by atoms with van der Waals surface area (Å²) < 4.78 is 6.93. The van der Waals surface area contributed by atoms with Gasteiger partial charge in [-0.15, -0.1) is 0 Å². The molecule has 92 valence electrons. The Hall–Kier alpha value is -1.39. The summed E-state index contributed by atoms with van der Waals surface area (Å²) in [5, 5.41) is 5.67. The number of fused-ring (bicyclic) bond motifs is 1. The van der Waals surface area contributed by atoms with Crippen LogP contribution in [0.3, 0.4) is 0 Å². The molecule has 17 heavy (non-hydrogen) atoms. The van der Waals surface area contributed by atoms with Crippen LogP contribution in [0.5, 0.6) is 0 Å². The van der Waals surface area contributed by atoms with Crippen LogP contribution in [0.15, 0.2) is 24.3 Å². The molecule has 1 aromatic heterocycles. The highest BCUT2D eigenvalue weighted by Gasteiger charge is 2.14. The molecule has 0 aliphatic heterocycles. The fourth-order valence-corrected chi connectivity index (χ4v) is 2.10. The van der Waals surface area contributed by atoms with E-state index >= 15 is 0 Å². The Labute approximate surface area is 101 Å². The number of para-hydroxylation sites is 1. The molecule has 0 fully saturated rings. The molecule has 0 spiro atoms. The first kappa shape index (κ1) is 12.1. The minimum absolute atomic E-state index is 0.0174. The molecule has 2 N–H and O–H groups in total. The van der Waals surface area contributed by atoms with Crippen molar-refractivity contribution in [3.8, 4) is 0 Å². The van der Waals surface area contributed by atoms with E-state index in [2.05, 4.69) is 17.2 Å². The van der Waals surface area contributed by atoms with Crippen molar-refractivity contribution in [1.29, 1.82) is 0 Å². The van der Waals surface area contributed by atoms with E-state index in [1.54, 1.807) is 7.11 Å². The van der Waals surface area contributed by atoms with Crippen molar-refractivity contribution >= 4 is 10.9 Å². The van der Waals surface area contributed by atoms with Crippen molar-refractivity contribution in [2.45, 2.75) is 18.9 Å². The predicted molar refractivity (Wildman–Crippen MR) is 68.8 cm³/mol. The number of hydrogen-bond donors (Lipinski definition) is 1. The molecule has 2 aromatic rings. The summed E-state index contributed by atoms with van der Waals surface area (Å²) in [6, 6.07) is 8.16. The first-order valence-corrected chi connectivity index (χ1v) is 5.90. The Kier molecular flexibility index (Phi) is 3.76. The Morgan fingerprint density at radius 3 is 2.94 bits per heavy atom. The quantitative estimate of drug-likeness (QED) is 0.804. The number of nitrogens with two attached hydrogens (primary N) is 1. The number of aromatic nitrogens is 2. The number of aryl methyl sites for hydroxylation is 1. The van der Waals surface area contributed by atoms with Gasteiger partial charge in [0, 0.05) is 32.2 Å². The second kappa shape index (κ2) is 5.29. The van der Waals surface area contributed by atoms with Crippen molar-refractivity contribution in [2.75, 3.05) is 13.7 Å². The third-order valence-electron chi connectivity index (χ3n) is 3.00. The molecule has 0 aliphatic carbocycles. The Balaban J connectivity index is 2.23. The maximum atomic E-state index is 6.18. The van der Waals surface area contributed by atoms with Crippen LogP contribution in [0.4, 0.5) is 0 Å². The number of hydrogen-bond acceptors (Lipinski definition) is 3. The number of methoxy groups -OCH3 is 1. The lowest BCUT2D eigenvalue weighted by molar-refractivity contribution is 0.190. The summed E-state index contributed by atoms with van der Waals surface area (Å²) >= 11 is 0. The summed E-state index contributed by atoms with van der Waals surface area (Å²) in [5.41, 5.74) is 8.30. The van der Waals surface area contributed by atoms with Crippen molar-refractivity contribution in [3.63, 3.8) is 0 Å². The molecule has 4 heteroatoms. The van der Waals surface area contributed by atoms with Gasteiger partial charge in [-0.3, -0.25) is 4.68 Å². The lowest BCUT2D eigenvalue weighted by atomic mass is 10.1. The lowest BCUT2D eigenvalue weighted by Gasteiger charge is -2.08. The molecule has 1 atom stereocenters. The summed E-state index contributed by atoms with van der Waals surface area (Å²) in [4.78, 5) is 0. The maximum absolute atomic E-state index is 6.18. The van der Waals surface area contributed by atoms with Gasteiger partial charge in [0.2, 0.25) is 0 Å². The molecule has 4 nitrogen and oxygen atoms in total. The largest absolute Gasteiger partial charge is 0.385 e. The third-order valence-corrected chi connectivity index (χ3v) is 3.00. The molecule has 1 unspecified atom stereocenters. The molecule has 0 bridgehead atoms. The summed E-state index contributed by atoms with van der Waals surface area (Å²) in [5.74, 6) is 0. The summed E-state index contributed by atoms with van der Waals surface area (Å²) in [7, 11) is 3.66. The standard InChI is InChI=1S/C13H19N3O/c1-16-12-8-4-3-6-10(12)13(15-16)11(14)7-5-9-17-2/h3-4,6,8,11H,5,7,9,14H2,1-2H3. The maximum Gasteiger partial charge on any atom is 0.0870 e. The van der Waals surface area contributed by atoms with E-state index in [0.29, 0.717) is 0 Å². The molecular formula is C13H19N3O. The fraction of sp³-hybridized carbons (Fsp3) is 0.462. The predicted octanol–water partition coefficient (Wildman–Crippen LogP) is 2.00. The number of ether oxygens (including phenoxy) is 1. The van der Waals surface area contributed by atoms with E-state index in [1.165, 1.54) is 0 Å². The van der Waals surface area contributed by atoms with E-state index in [9.17, 15) is 0 Å². The Bertz CT molecular complexity index is 492. The van der Waals surface area contributed by atoms with E-state index in [-0.39, 0.29) is 6.04 Å². The van der Waals surface area contributed by atoms with Gasteiger partial charge in [-0.05, 0) is 18.9 Å². The van der Waals surface area contributed by atoms with E-state index in [1.807, 2.05) is 23.9 Å². The van der Waals surface area contributed by atoms with Gasteiger partial charge in [0.1, 0.15) is 0 Å². The SMILES string of the molecule is COCCCC(N)c1nn(C)c2ccccc12. The van der Waals surface area contributed by atoms with Gasteiger partial charge in [0.05, 0.1) is 11.2 Å². The topological polar surface area (TPSA) is 53.1 Å².